The lowest BCUT2D eigenvalue weighted by Crippen LogP contribution is -2.52. The quantitative estimate of drug-likeness (QED) is 0.570. The van der Waals surface area contributed by atoms with Crippen molar-refractivity contribution in [3.63, 3.8) is 0 Å². The maximum Gasteiger partial charge on any atom is 0.251 e. The lowest BCUT2D eigenvalue weighted by molar-refractivity contribution is -0.124. The van der Waals surface area contributed by atoms with Crippen LogP contribution >= 0.6 is 23.4 Å². The van der Waals surface area contributed by atoms with Crippen molar-refractivity contribution in [2.75, 3.05) is 25.1 Å². The number of carbonyl (C=O) groups is 2. The molecule has 2 amide bonds. The minimum absolute atomic E-state index is 0.0868. The molecule has 0 spiro atoms. The Hall–Kier alpha value is -2.02. The highest BCUT2D eigenvalue weighted by Gasteiger charge is 2.26. The minimum Gasteiger partial charge on any atom is -0.351 e. The zero-order chi connectivity index (χ0) is 22.9. The first kappa shape index (κ1) is 24.6. The van der Waals surface area contributed by atoms with Gasteiger partial charge in [-0.2, -0.15) is 11.8 Å². The summed E-state index contributed by atoms with van der Waals surface area (Å²) in [5, 5.41) is 6.88. The van der Waals surface area contributed by atoms with Gasteiger partial charge in [0, 0.05) is 36.3 Å². The maximum atomic E-state index is 13.0. The number of rotatable bonds is 9. The van der Waals surface area contributed by atoms with Gasteiger partial charge in [-0.15, -0.1) is 0 Å². The van der Waals surface area contributed by atoms with E-state index in [1.807, 2.05) is 43.5 Å². The molecule has 2 N–H and O–H groups in total. The average molecular weight is 474 g/mol. The molecule has 0 bridgehead atoms. The molecule has 1 fully saturated rings. The van der Waals surface area contributed by atoms with Crippen molar-refractivity contribution in [3.8, 4) is 0 Å². The fourth-order valence-electron chi connectivity index (χ4n) is 3.92. The third-order valence-corrected chi connectivity index (χ3v) is 6.66. The number of likely N-dealkylation sites (tertiary alicyclic amines) is 1. The normalized spacial score (nSPS) is 15.8. The summed E-state index contributed by atoms with van der Waals surface area (Å²) in [6, 6.07) is 15.0. The Morgan fingerprint density at radius 1 is 1.16 bits per heavy atom. The molecule has 7 heteroatoms. The number of hydrogen-bond acceptors (Lipinski definition) is 4. The molecule has 1 unspecified atom stereocenters. The van der Waals surface area contributed by atoms with Gasteiger partial charge in [0.15, 0.2) is 0 Å². The molecule has 172 valence electrons. The van der Waals surface area contributed by atoms with Crippen LogP contribution in [0, 0.1) is 6.92 Å². The van der Waals surface area contributed by atoms with Gasteiger partial charge in [0.05, 0.1) is 0 Å². The smallest absolute Gasteiger partial charge is 0.251 e. The summed E-state index contributed by atoms with van der Waals surface area (Å²) in [5.41, 5.74) is 2.85. The van der Waals surface area contributed by atoms with Crippen LogP contribution in [0.5, 0.6) is 0 Å². The molecule has 32 heavy (non-hydrogen) atoms. The predicted octanol–water partition coefficient (Wildman–Crippen LogP) is 4.28. The van der Waals surface area contributed by atoms with Crippen LogP contribution in [0.4, 0.5) is 0 Å². The molecule has 2 aromatic carbocycles. The fraction of sp³-hybridized carbons (Fsp3) is 0.440. The molecule has 0 radical (unpaired) electrons. The zero-order valence-electron chi connectivity index (χ0n) is 18.8. The van der Waals surface area contributed by atoms with E-state index >= 15 is 0 Å². The van der Waals surface area contributed by atoms with Crippen molar-refractivity contribution < 1.29 is 9.59 Å². The van der Waals surface area contributed by atoms with E-state index in [0.29, 0.717) is 12.0 Å². The highest BCUT2D eigenvalue weighted by molar-refractivity contribution is 7.98. The van der Waals surface area contributed by atoms with Gasteiger partial charge in [0.2, 0.25) is 5.91 Å². The molecule has 1 heterocycles. The van der Waals surface area contributed by atoms with Gasteiger partial charge in [-0.05, 0) is 68.0 Å². The molecule has 1 atom stereocenters. The van der Waals surface area contributed by atoms with Crippen molar-refractivity contribution in [1.29, 1.82) is 0 Å². The molecular formula is C25H32ClN3O2S. The first-order chi connectivity index (χ1) is 15.4. The van der Waals surface area contributed by atoms with Crippen LogP contribution in [-0.4, -0.2) is 53.9 Å². The number of aryl methyl sites for hydroxylation is 1. The third-order valence-electron chi connectivity index (χ3n) is 5.77. The molecule has 0 aliphatic carbocycles. The number of thioether (sulfide) groups is 1. The van der Waals surface area contributed by atoms with E-state index in [1.165, 1.54) is 5.56 Å². The highest BCUT2D eigenvalue weighted by Crippen LogP contribution is 2.16. The van der Waals surface area contributed by atoms with Crippen LogP contribution < -0.4 is 10.6 Å². The van der Waals surface area contributed by atoms with Crippen LogP contribution in [0.15, 0.2) is 48.5 Å². The van der Waals surface area contributed by atoms with Crippen molar-refractivity contribution in [2.24, 2.45) is 0 Å². The molecule has 1 saturated heterocycles. The summed E-state index contributed by atoms with van der Waals surface area (Å²) in [4.78, 5) is 28.1. The van der Waals surface area contributed by atoms with E-state index < -0.39 is 6.04 Å². The van der Waals surface area contributed by atoms with Crippen LogP contribution in [0.3, 0.4) is 0 Å². The standard InChI is InChI=1S/C25H32ClN3O2S/c1-18-4-3-5-20(16-18)24(30)28-23(12-15-32-2)25(31)27-22-10-13-29(14-11-22)17-19-6-8-21(26)9-7-19/h3-9,16,22-23H,10-15,17H2,1-2H3,(H,27,31)(H,28,30). The van der Waals surface area contributed by atoms with Crippen molar-refractivity contribution in [1.82, 2.24) is 15.5 Å². The Morgan fingerprint density at radius 2 is 1.88 bits per heavy atom. The van der Waals surface area contributed by atoms with Gasteiger partial charge >= 0.3 is 0 Å². The van der Waals surface area contributed by atoms with Gasteiger partial charge in [-0.3, -0.25) is 14.5 Å². The summed E-state index contributed by atoms with van der Waals surface area (Å²) < 4.78 is 0. The van der Waals surface area contributed by atoms with Crippen molar-refractivity contribution in [2.45, 2.75) is 44.8 Å². The molecular weight excluding hydrogens is 442 g/mol. The van der Waals surface area contributed by atoms with Gasteiger partial charge in [-0.1, -0.05) is 41.4 Å². The summed E-state index contributed by atoms with van der Waals surface area (Å²) in [6.07, 6.45) is 4.43. The van der Waals surface area contributed by atoms with Crippen LogP contribution in [0.25, 0.3) is 0 Å². The number of piperidine rings is 1. The zero-order valence-corrected chi connectivity index (χ0v) is 20.3. The second kappa shape index (κ2) is 12.3. The van der Waals surface area contributed by atoms with Gasteiger partial charge in [-0.25, -0.2) is 0 Å². The summed E-state index contributed by atoms with van der Waals surface area (Å²) in [7, 11) is 0. The number of carbonyl (C=O) groups excluding carboxylic acids is 2. The average Bonchev–Trinajstić information content (AvgIpc) is 2.79. The van der Waals surface area contributed by atoms with Gasteiger partial charge in [0.25, 0.3) is 5.91 Å². The van der Waals surface area contributed by atoms with E-state index in [1.54, 1.807) is 17.8 Å². The molecule has 1 aliphatic heterocycles. The number of halogens is 1. The summed E-state index contributed by atoms with van der Waals surface area (Å²) in [6.45, 7) is 4.70. The molecule has 3 rings (SSSR count). The largest absolute Gasteiger partial charge is 0.351 e. The lowest BCUT2D eigenvalue weighted by Gasteiger charge is -2.33. The Morgan fingerprint density at radius 3 is 2.53 bits per heavy atom. The van der Waals surface area contributed by atoms with Crippen LogP contribution in [0.2, 0.25) is 5.02 Å². The van der Waals surface area contributed by atoms with Crippen molar-refractivity contribution in [3.05, 3.63) is 70.2 Å². The van der Waals surface area contributed by atoms with E-state index in [9.17, 15) is 9.59 Å². The second-order valence-corrected chi connectivity index (χ2v) is 9.78. The van der Waals surface area contributed by atoms with Gasteiger partial charge in [0.1, 0.15) is 6.04 Å². The molecule has 0 saturated carbocycles. The molecule has 0 aromatic heterocycles. The van der Waals surface area contributed by atoms with E-state index in [-0.39, 0.29) is 17.9 Å². The Bertz CT molecular complexity index is 898. The predicted molar refractivity (Wildman–Crippen MR) is 133 cm³/mol. The SMILES string of the molecule is CSCCC(NC(=O)c1cccc(C)c1)C(=O)NC1CCN(Cc2ccc(Cl)cc2)CC1. The minimum atomic E-state index is -0.525. The fourth-order valence-corrected chi connectivity index (χ4v) is 4.51. The van der Waals surface area contributed by atoms with E-state index in [2.05, 4.69) is 27.7 Å². The highest BCUT2D eigenvalue weighted by atomic mass is 35.5. The number of amides is 2. The topological polar surface area (TPSA) is 61.4 Å². The third kappa shape index (κ3) is 7.54. The van der Waals surface area contributed by atoms with Gasteiger partial charge < -0.3 is 10.6 Å². The Labute approximate surface area is 200 Å². The van der Waals surface area contributed by atoms with E-state index in [4.69, 9.17) is 11.6 Å². The number of nitrogens with zero attached hydrogens (tertiary/aromatic N) is 1. The molecule has 5 nitrogen and oxygen atoms in total. The number of nitrogens with one attached hydrogen (secondary N) is 2. The van der Waals surface area contributed by atoms with Crippen LogP contribution in [-0.2, 0) is 11.3 Å². The van der Waals surface area contributed by atoms with E-state index in [0.717, 1.165) is 48.8 Å². The maximum absolute atomic E-state index is 13.0. The van der Waals surface area contributed by atoms with Crippen molar-refractivity contribution >= 4 is 35.2 Å². The summed E-state index contributed by atoms with van der Waals surface area (Å²) in [5.74, 6) is 0.523. The first-order valence-electron chi connectivity index (χ1n) is 11.1. The molecule has 1 aliphatic rings. The number of benzene rings is 2. The Kier molecular flexibility index (Phi) is 9.45. The monoisotopic (exact) mass is 473 g/mol. The first-order valence-corrected chi connectivity index (χ1v) is 12.9. The lowest BCUT2D eigenvalue weighted by atomic mass is 10.0. The molecule has 2 aromatic rings. The summed E-state index contributed by atoms with van der Waals surface area (Å²) >= 11 is 7.65. The number of hydrogen-bond donors (Lipinski definition) is 2. The van der Waals surface area contributed by atoms with Crippen LogP contribution in [0.1, 0.15) is 40.7 Å². The Balaban J connectivity index is 1.51. The second-order valence-electron chi connectivity index (χ2n) is 8.36.